The number of rotatable bonds is 48. The summed E-state index contributed by atoms with van der Waals surface area (Å²) in [7, 11) is 0. The lowest BCUT2D eigenvalue weighted by molar-refractivity contribution is -0.379. The maximum atomic E-state index is 13.3. The van der Waals surface area contributed by atoms with Crippen molar-refractivity contribution in [3.05, 3.63) is 36.5 Å². The molecule has 0 aromatic rings. The summed E-state index contributed by atoms with van der Waals surface area (Å²) >= 11 is 0. The number of hydrogen-bond donors (Lipinski definition) is 12. The number of aliphatic hydroxyl groups excluding tert-OH is 11. The van der Waals surface area contributed by atoms with Gasteiger partial charge in [0, 0.05) is 6.42 Å². The van der Waals surface area contributed by atoms with Gasteiger partial charge in [0.25, 0.3) is 0 Å². The summed E-state index contributed by atoms with van der Waals surface area (Å²) in [6.07, 6.45) is 24.1. The lowest BCUT2D eigenvalue weighted by Crippen LogP contribution is -2.66. The van der Waals surface area contributed by atoms with Gasteiger partial charge < -0.3 is 89.9 Å². The molecule has 17 unspecified atom stereocenters. The smallest absolute Gasteiger partial charge is 0.220 e. The molecule has 3 fully saturated rings. The number of amides is 1. The highest BCUT2D eigenvalue weighted by Crippen LogP contribution is 2.33. The first-order chi connectivity index (χ1) is 39.8. The molecule has 3 saturated heterocycles. The number of allylic oxidation sites excluding steroid dienone is 5. The average molecular weight is 1170 g/mol. The maximum Gasteiger partial charge on any atom is 0.220 e. The van der Waals surface area contributed by atoms with Crippen LogP contribution >= 0.6 is 0 Å². The van der Waals surface area contributed by atoms with Crippen molar-refractivity contribution in [1.82, 2.24) is 5.32 Å². The van der Waals surface area contributed by atoms with Crippen LogP contribution in [0, 0.1) is 0 Å². The molecule has 3 aliphatic heterocycles. The maximum absolute atomic E-state index is 13.3. The van der Waals surface area contributed by atoms with Crippen molar-refractivity contribution < 1.29 is 89.4 Å². The summed E-state index contributed by atoms with van der Waals surface area (Å²) in [5, 5.41) is 120. The Morgan fingerprint density at radius 3 is 1.22 bits per heavy atom. The topological polar surface area (TPSA) is 307 Å². The summed E-state index contributed by atoms with van der Waals surface area (Å²) in [5.74, 6) is -0.286. The van der Waals surface area contributed by atoms with Crippen molar-refractivity contribution in [3.8, 4) is 0 Å². The first-order valence-corrected chi connectivity index (χ1v) is 32.2. The number of carbonyl (C=O) groups excluding carboxylic acids is 1. The van der Waals surface area contributed by atoms with Gasteiger partial charge in [-0.1, -0.05) is 198 Å². The van der Waals surface area contributed by atoms with Crippen LogP contribution in [0.25, 0.3) is 0 Å². The van der Waals surface area contributed by atoms with Crippen LogP contribution in [-0.2, 0) is 33.2 Å². The van der Waals surface area contributed by atoms with Gasteiger partial charge in [-0.2, -0.15) is 0 Å². The van der Waals surface area contributed by atoms with E-state index in [9.17, 15) is 61.0 Å². The minimum atomic E-state index is -1.98. The van der Waals surface area contributed by atoms with Crippen LogP contribution in [0.3, 0.4) is 0 Å². The van der Waals surface area contributed by atoms with Crippen LogP contribution in [0.1, 0.15) is 226 Å². The van der Waals surface area contributed by atoms with Crippen molar-refractivity contribution in [2.75, 3.05) is 26.4 Å². The summed E-state index contributed by atoms with van der Waals surface area (Å²) in [6, 6.07) is -0.988. The van der Waals surface area contributed by atoms with Crippen LogP contribution < -0.4 is 5.32 Å². The monoisotopic (exact) mass is 1170 g/mol. The van der Waals surface area contributed by atoms with E-state index in [1.54, 1.807) is 6.08 Å². The molecule has 0 radical (unpaired) electrons. The third-order valence-corrected chi connectivity index (χ3v) is 16.2. The van der Waals surface area contributed by atoms with Gasteiger partial charge >= 0.3 is 0 Å². The first kappa shape index (κ1) is 74.3. The van der Waals surface area contributed by atoms with Crippen molar-refractivity contribution in [3.63, 3.8) is 0 Å². The number of nitrogens with one attached hydrogen (secondary N) is 1. The second kappa shape index (κ2) is 46.2. The summed E-state index contributed by atoms with van der Waals surface area (Å²) in [6.45, 7) is 1.70. The zero-order valence-electron chi connectivity index (χ0n) is 50.2. The van der Waals surface area contributed by atoms with Gasteiger partial charge in [0.2, 0.25) is 5.91 Å². The molecule has 0 aromatic heterocycles. The van der Waals surface area contributed by atoms with Gasteiger partial charge in [-0.25, -0.2) is 0 Å². The van der Waals surface area contributed by atoms with Gasteiger partial charge in [0.15, 0.2) is 18.9 Å². The first-order valence-electron chi connectivity index (χ1n) is 32.2. The molecule has 82 heavy (non-hydrogen) atoms. The molecule has 0 bridgehead atoms. The zero-order valence-corrected chi connectivity index (χ0v) is 50.2. The third-order valence-electron chi connectivity index (χ3n) is 16.2. The van der Waals surface area contributed by atoms with Crippen LogP contribution in [0.15, 0.2) is 36.5 Å². The van der Waals surface area contributed by atoms with E-state index in [-0.39, 0.29) is 18.9 Å². The number of carbonyl (C=O) groups is 1. The highest BCUT2D eigenvalue weighted by molar-refractivity contribution is 5.76. The molecular formula is C63H115NO18. The fourth-order valence-corrected chi connectivity index (χ4v) is 10.8. The Bertz CT molecular complexity index is 1640. The fraction of sp³-hybridized carbons (Fsp3) is 0.889. The predicted octanol–water partition coefficient (Wildman–Crippen LogP) is 6.88. The second-order valence-electron chi connectivity index (χ2n) is 23.2. The van der Waals surface area contributed by atoms with Gasteiger partial charge in [-0.05, 0) is 57.8 Å². The van der Waals surface area contributed by atoms with E-state index in [1.807, 2.05) is 6.08 Å². The molecule has 1 amide bonds. The molecular weight excluding hydrogens is 1060 g/mol. The second-order valence-corrected chi connectivity index (χ2v) is 23.2. The summed E-state index contributed by atoms with van der Waals surface area (Å²) in [4.78, 5) is 13.3. The molecule has 17 atom stereocenters. The summed E-state index contributed by atoms with van der Waals surface area (Å²) in [5.41, 5.74) is 0. The predicted molar refractivity (Wildman–Crippen MR) is 314 cm³/mol. The average Bonchev–Trinajstić information content (AvgIpc) is 3.14. The van der Waals surface area contributed by atoms with Gasteiger partial charge in [0.05, 0.1) is 38.6 Å². The van der Waals surface area contributed by atoms with Gasteiger partial charge in [-0.15, -0.1) is 0 Å². The Balaban J connectivity index is 1.46. The Morgan fingerprint density at radius 2 is 0.780 bits per heavy atom. The van der Waals surface area contributed by atoms with Crippen molar-refractivity contribution in [1.29, 1.82) is 0 Å². The highest BCUT2D eigenvalue weighted by Gasteiger charge is 2.53. The molecule has 19 heteroatoms. The van der Waals surface area contributed by atoms with E-state index in [0.717, 1.165) is 38.5 Å². The minimum absolute atomic E-state index is 0.236. The molecule has 19 nitrogen and oxygen atoms in total. The fourth-order valence-electron chi connectivity index (χ4n) is 10.8. The van der Waals surface area contributed by atoms with E-state index in [0.29, 0.717) is 12.8 Å². The molecule has 0 aliphatic carbocycles. The SMILES string of the molecule is CCCCCCCCCC/C=C\CCCCCCCCCCCCCC(=O)NC(COC1OC(CO)C(OC2OC(CO)C(OC3OC(CO)C(O)C(O)C3O)C(O)C2O)C(O)C1O)C(O)/C=C/CC/C=C/CCCCCCCCCC. The molecule has 0 saturated carbocycles. The lowest BCUT2D eigenvalue weighted by atomic mass is 9.96. The van der Waals surface area contributed by atoms with E-state index in [1.165, 1.54) is 154 Å². The number of aliphatic hydroxyl groups is 11. The number of ether oxygens (including phenoxy) is 6. The van der Waals surface area contributed by atoms with Crippen molar-refractivity contribution >= 4 is 5.91 Å². The van der Waals surface area contributed by atoms with Crippen molar-refractivity contribution in [2.45, 2.75) is 330 Å². The molecule has 0 aromatic carbocycles. The van der Waals surface area contributed by atoms with Crippen molar-refractivity contribution in [2.24, 2.45) is 0 Å². The van der Waals surface area contributed by atoms with Crippen LogP contribution in [-0.4, -0.2) is 193 Å². The molecule has 480 valence electrons. The number of hydrogen-bond acceptors (Lipinski definition) is 18. The van der Waals surface area contributed by atoms with Gasteiger partial charge in [0.1, 0.15) is 73.2 Å². The largest absolute Gasteiger partial charge is 0.394 e. The lowest BCUT2D eigenvalue weighted by Gasteiger charge is -2.48. The Hall–Kier alpha value is -1.99. The molecule has 12 N–H and O–H groups in total. The van der Waals surface area contributed by atoms with E-state index in [4.69, 9.17) is 28.4 Å². The van der Waals surface area contributed by atoms with Crippen LogP contribution in [0.4, 0.5) is 0 Å². The standard InChI is InChI=1S/C63H115NO18/c1-3-5-7-9-11-13-15-17-19-20-21-22-23-24-25-26-27-29-31-33-35-37-39-41-51(69)64-46(47(68)40-38-36-34-32-30-28-18-16-14-12-10-8-6-4-2)45-77-61-57(75)54(72)59(49(43-66)79-61)82-63-58(76)55(73)60(50(44-67)80-63)81-62-56(74)53(71)52(70)48(42-65)78-62/h20-21,30,32,38,40,46-50,52-63,65-68,70-76H,3-19,22-29,31,33-37,39,41-45H2,1-2H3,(H,64,69)/b21-20-,32-30+,40-38+. The number of unbranched alkanes of at least 4 members (excludes halogenated alkanes) is 28. The summed E-state index contributed by atoms with van der Waals surface area (Å²) < 4.78 is 34.3. The molecule has 3 rings (SSSR count). The molecule has 3 heterocycles. The van der Waals surface area contributed by atoms with E-state index >= 15 is 0 Å². The molecule has 0 spiro atoms. The Morgan fingerprint density at radius 1 is 0.427 bits per heavy atom. The van der Waals surface area contributed by atoms with Crippen LogP contribution in [0.2, 0.25) is 0 Å². The van der Waals surface area contributed by atoms with E-state index in [2.05, 4.69) is 43.5 Å². The van der Waals surface area contributed by atoms with Crippen LogP contribution in [0.5, 0.6) is 0 Å². The minimum Gasteiger partial charge on any atom is -0.394 e. The van der Waals surface area contributed by atoms with E-state index < -0.39 is 124 Å². The zero-order chi connectivity index (χ0) is 59.7. The Kier molecular flexibility index (Phi) is 41.8. The Labute approximate surface area is 491 Å². The highest BCUT2D eigenvalue weighted by atomic mass is 16.8. The molecule has 3 aliphatic rings. The third kappa shape index (κ3) is 29.1. The quantitative estimate of drug-likeness (QED) is 0.0218. The normalized spacial score (nSPS) is 29.8. The van der Waals surface area contributed by atoms with Gasteiger partial charge in [-0.3, -0.25) is 4.79 Å².